The fourth-order valence-electron chi connectivity index (χ4n) is 3.15. The second-order valence-electron chi connectivity index (χ2n) is 6.16. The van der Waals surface area contributed by atoms with Crippen molar-refractivity contribution in [3.8, 4) is 5.75 Å². The number of hydrogen-bond donors (Lipinski definition) is 3. The third-order valence-corrected chi connectivity index (χ3v) is 4.26. The molecule has 1 aliphatic rings. The van der Waals surface area contributed by atoms with Gasteiger partial charge in [-0.15, -0.1) is 0 Å². The van der Waals surface area contributed by atoms with Crippen LogP contribution in [-0.2, 0) is 0 Å². The van der Waals surface area contributed by atoms with E-state index in [0.29, 0.717) is 18.0 Å². The highest BCUT2D eigenvalue weighted by atomic mass is 16.3. The second-order valence-corrected chi connectivity index (χ2v) is 6.16. The first-order valence-corrected chi connectivity index (χ1v) is 7.28. The molecule has 1 aromatic rings. The van der Waals surface area contributed by atoms with Gasteiger partial charge in [0.15, 0.2) is 0 Å². The molecule has 0 bridgehead atoms. The summed E-state index contributed by atoms with van der Waals surface area (Å²) in [6, 6.07) is 5.09. The van der Waals surface area contributed by atoms with Crippen molar-refractivity contribution in [3.63, 3.8) is 0 Å². The van der Waals surface area contributed by atoms with E-state index in [2.05, 4.69) is 12.2 Å². The van der Waals surface area contributed by atoms with Gasteiger partial charge >= 0.3 is 0 Å². The summed E-state index contributed by atoms with van der Waals surface area (Å²) in [5.41, 5.74) is 6.83. The zero-order valence-corrected chi connectivity index (χ0v) is 12.3. The van der Waals surface area contributed by atoms with E-state index in [-0.39, 0.29) is 17.2 Å². The number of nitrogens with two attached hydrogens (primary N) is 1. The lowest BCUT2D eigenvalue weighted by molar-refractivity contribution is 0.0851. The van der Waals surface area contributed by atoms with Crippen molar-refractivity contribution >= 4 is 5.91 Å². The van der Waals surface area contributed by atoms with E-state index in [1.807, 2.05) is 13.0 Å². The Hall–Kier alpha value is -1.55. The fourth-order valence-corrected chi connectivity index (χ4v) is 3.15. The van der Waals surface area contributed by atoms with Gasteiger partial charge in [-0.3, -0.25) is 4.79 Å². The predicted octanol–water partition coefficient (Wildman–Crippen LogP) is 2.34. The first-order chi connectivity index (χ1) is 9.46. The maximum absolute atomic E-state index is 12.4. The number of benzene rings is 1. The molecule has 1 amide bonds. The Morgan fingerprint density at radius 2 is 2.30 bits per heavy atom. The topological polar surface area (TPSA) is 75.4 Å². The summed E-state index contributed by atoms with van der Waals surface area (Å²) in [5.74, 6) is 0.361. The molecule has 20 heavy (non-hydrogen) atoms. The van der Waals surface area contributed by atoms with Crippen LogP contribution in [0.1, 0.15) is 48.5 Å². The second kappa shape index (κ2) is 5.83. The van der Waals surface area contributed by atoms with E-state index in [1.54, 1.807) is 12.1 Å². The third kappa shape index (κ3) is 3.12. The van der Waals surface area contributed by atoms with Gasteiger partial charge < -0.3 is 16.2 Å². The van der Waals surface area contributed by atoms with Gasteiger partial charge in [0.05, 0.1) is 11.1 Å². The lowest BCUT2D eigenvalue weighted by Gasteiger charge is -2.40. The van der Waals surface area contributed by atoms with Crippen molar-refractivity contribution < 1.29 is 9.90 Å². The summed E-state index contributed by atoms with van der Waals surface area (Å²) in [7, 11) is 0. The number of aryl methyl sites for hydroxylation is 1. The average molecular weight is 276 g/mol. The molecule has 0 saturated heterocycles. The molecule has 1 aliphatic carbocycles. The first kappa shape index (κ1) is 14.9. The molecule has 1 fully saturated rings. The van der Waals surface area contributed by atoms with Gasteiger partial charge in [0.1, 0.15) is 5.75 Å². The molecule has 0 aliphatic heterocycles. The highest BCUT2D eigenvalue weighted by molar-refractivity contribution is 5.97. The summed E-state index contributed by atoms with van der Waals surface area (Å²) in [4.78, 5) is 12.4. The van der Waals surface area contributed by atoms with E-state index in [4.69, 9.17) is 5.73 Å². The molecular formula is C16H24N2O2. The quantitative estimate of drug-likeness (QED) is 0.793. The molecule has 4 heteroatoms. The SMILES string of the molecule is Cc1ccc(C(=O)NC2(CN)CCCC(C)C2)c(O)c1. The lowest BCUT2D eigenvalue weighted by Crippen LogP contribution is -2.56. The molecule has 110 valence electrons. The zero-order valence-electron chi connectivity index (χ0n) is 12.3. The van der Waals surface area contributed by atoms with E-state index < -0.39 is 0 Å². The molecule has 4 N–H and O–H groups in total. The third-order valence-electron chi connectivity index (χ3n) is 4.26. The van der Waals surface area contributed by atoms with Gasteiger partial charge in [0, 0.05) is 6.54 Å². The summed E-state index contributed by atoms with van der Waals surface area (Å²) < 4.78 is 0. The van der Waals surface area contributed by atoms with Crippen LogP contribution in [0.15, 0.2) is 18.2 Å². The standard InChI is InChI=1S/C16H24N2O2/c1-11-5-6-13(14(19)8-11)15(20)18-16(10-17)7-3-4-12(2)9-16/h5-6,8,12,19H,3-4,7,9-10,17H2,1-2H3,(H,18,20). The van der Waals surface area contributed by atoms with Gasteiger partial charge in [-0.1, -0.05) is 25.8 Å². The van der Waals surface area contributed by atoms with Crippen LogP contribution in [0.3, 0.4) is 0 Å². The van der Waals surface area contributed by atoms with Gasteiger partial charge in [-0.05, 0) is 43.4 Å². The smallest absolute Gasteiger partial charge is 0.255 e. The van der Waals surface area contributed by atoms with E-state index in [1.165, 1.54) is 6.42 Å². The fraction of sp³-hybridized carbons (Fsp3) is 0.562. The van der Waals surface area contributed by atoms with Crippen molar-refractivity contribution in [2.75, 3.05) is 6.54 Å². The molecule has 2 unspecified atom stereocenters. The van der Waals surface area contributed by atoms with Crippen LogP contribution < -0.4 is 11.1 Å². The minimum Gasteiger partial charge on any atom is -0.507 e. The van der Waals surface area contributed by atoms with Crippen LogP contribution in [0.2, 0.25) is 0 Å². The molecule has 2 atom stereocenters. The maximum Gasteiger partial charge on any atom is 0.255 e. The Morgan fingerprint density at radius 3 is 2.90 bits per heavy atom. The minimum atomic E-state index is -0.327. The average Bonchev–Trinajstić information content (AvgIpc) is 2.38. The largest absolute Gasteiger partial charge is 0.507 e. The summed E-state index contributed by atoms with van der Waals surface area (Å²) >= 11 is 0. The van der Waals surface area contributed by atoms with Crippen LogP contribution in [0.25, 0.3) is 0 Å². The van der Waals surface area contributed by atoms with Crippen LogP contribution in [-0.4, -0.2) is 23.1 Å². The molecule has 0 spiro atoms. The zero-order chi connectivity index (χ0) is 14.8. The van der Waals surface area contributed by atoms with Crippen molar-refractivity contribution in [2.24, 2.45) is 11.7 Å². The van der Waals surface area contributed by atoms with Crippen molar-refractivity contribution in [2.45, 2.75) is 45.1 Å². The Labute approximate surface area is 120 Å². The molecule has 4 nitrogen and oxygen atoms in total. The van der Waals surface area contributed by atoms with Crippen molar-refractivity contribution in [1.29, 1.82) is 0 Å². The monoisotopic (exact) mass is 276 g/mol. The highest BCUT2D eigenvalue weighted by Gasteiger charge is 2.35. The van der Waals surface area contributed by atoms with Crippen molar-refractivity contribution in [1.82, 2.24) is 5.32 Å². The number of aromatic hydroxyl groups is 1. The van der Waals surface area contributed by atoms with Crippen LogP contribution in [0, 0.1) is 12.8 Å². The number of amides is 1. The number of hydrogen-bond acceptors (Lipinski definition) is 3. The minimum absolute atomic E-state index is 0.0264. The van der Waals surface area contributed by atoms with Gasteiger partial charge in [0.2, 0.25) is 0 Å². The van der Waals surface area contributed by atoms with Gasteiger partial charge in [-0.2, -0.15) is 0 Å². The predicted molar refractivity (Wildman–Crippen MR) is 79.7 cm³/mol. The van der Waals surface area contributed by atoms with Crippen LogP contribution in [0.4, 0.5) is 0 Å². The highest BCUT2D eigenvalue weighted by Crippen LogP contribution is 2.32. The van der Waals surface area contributed by atoms with E-state index in [0.717, 1.165) is 24.8 Å². The molecule has 0 aromatic heterocycles. The van der Waals surface area contributed by atoms with Crippen molar-refractivity contribution in [3.05, 3.63) is 29.3 Å². The number of nitrogens with one attached hydrogen (secondary N) is 1. The van der Waals surface area contributed by atoms with E-state index >= 15 is 0 Å². The first-order valence-electron chi connectivity index (χ1n) is 7.28. The van der Waals surface area contributed by atoms with E-state index in [9.17, 15) is 9.90 Å². The van der Waals surface area contributed by atoms with Gasteiger partial charge in [-0.25, -0.2) is 0 Å². The summed E-state index contributed by atoms with van der Waals surface area (Å²) in [6.07, 6.45) is 4.08. The van der Waals surface area contributed by atoms with Gasteiger partial charge in [0.25, 0.3) is 5.91 Å². The summed E-state index contributed by atoms with van der Waals surface area (Å²) in [5, 5.41) is 13.0. The number of carbonyl (C=O) groups excluding carboxylic acids is 1. The van der Waals surface area contributed by atoms with Crippen LogP contribution >= 0.6 is 0 Å². The maximum atomic E-state index is 12.4. The lowest BCUT2D eigenvalue weighted by atomic mass is 9.76. The number of carbonyl (C=O) groups is 1. The molecule has 0 heterocycles. The number of phenolic OH excluding ortho intramolecular Hbond substituents is 1. The Balaban J connectivity index is 2.16. The number of phenols is 1. The normalized spacial score (nSPS) is 26.2. The summed E-state index contributed by atoms with van der Waals surface area (Å²) in [6.45, 7) is 4.51. The Kier molecular flexibility index (Phi) is 4.33. The molecule has 2 rings (SSSR count). The Morgan fingerprint density at radius 1 is 1.55 bits per heavy atom. The number of rotatable bonds is 3. The molecule has 1 saturated carbocycles. The molecule has 1 aromatic carbocycles. The van der Waals surface area contributed by atoms with Crippen LogP contribution in [0.5, 0.6) is 5.75 Å². The molecule has 0 radical (unpaired) electrons. The molecular weight excluding hydrogens is 252 g/mol. The Bertz CT molecular complexity index is 501.